The smallest absolute Gasteiger partial charge is 0.329 e. The minimum atomic E-state index is -2.13. The molecule has 36 heavy (non-hydrogen) atoms. The number of amides is 1. The summed E-state index contributed by atoms with van der Waals surface area (Å²) in [5.74, 6) is -0.574. The van der Waals surface area contributed by atoms with Gasteiger partial charge in [0.1, 0.15) is 34.8 Å². The molecule has 0 bridgehead atoms. The third kappa shape index (κ3) is 7.25. The van der Waals surface area contributed by atoms with Crippen molar-refractivity contribution < 1.29 is 14.3 Å². The molecule has 1 atom stereocenters. The van der Waals surface area contributed by atoms with Crippen molar-refractivity contribution in [1.29, 1.82) is 0 Å². The number of carbonyl (C=O) groups is 2. The minimum Gasteiger partial charge on any atom is -0.458 e. The van der Waals surface area contributed by atoms with E-state index in [-0.39, 0.29) is 12.3 Å². The maximum Gasteiger partial charge on any atom is 0.329 e. The van der Waals surface area contributed by atoms with E-state index in [9.17, 15) is 9.59 Å². The second kappa shape index (κ2) is 12.8. The topological polar surface area (TPSA) is 81.4 Å². The Bertz CT molecular complexity index is 1000. The first-order valence-corrected chi connectivity index (χ1v) is 14.5. The molecule has 3 rings (SSSR count). The van der Waals surface area contributed by atoms with Crippen LogP contribution in [0.1, 0.15) is 40.0 Å². The number of nitrogens with two attached hydrogens (primary N) is 1. The summed E-state index contributed by atoms with van der Waals surface area (Å²) in [6, 6.07) is 30.7. The molecule has 0 aliphatic heterocycles. The van der Waals surface area contributed by atoms with Crippen LogP contribution in [0.4, 0.5) is 0 Å². The van der Waals surface area contributed by atoms with Crippen LogP contribution in [0.25, 0.3) is 0 Å². The lowest BCUT2D eigenvalue weighted by Crippen LogP contribution is -2.45. The molecule has 6 heteroatoms. The Labute approximate surface area is 215 Å². The Balaban J connectivity index is 1.92. The number of hydrogen-bond donors (Lipinski definition) is 2. The van der Waals surface area contributed by atoms with Crippen LogP contribution < -0.4 is 27.0 Å². The van der Waals surface area contributed by atoms with Gasteiger partial charge in [0, 0.05) is 0 Å². The van der Waals surface area contributed by atoms with Crippen molar-refractivity contribution >= 4 is 35.1 Å². The van der Waals surface area contributed by atoms with Crippen molar-refractivity contribution in [2.45, 2.75) is 51.7 Å². The van der Waals surface area contributed by atoms with Crippen molar-refractivity contribution in [1.82, 2.24) is 5.32 Å². The molecule has 3 aromatic rings. The van der Waals surface area contributed by atoms with Crippen LogP contribution in [-0.2, 0) is 14.3 Å². The molecule has 0 aromatic heterocycles. The molecule has 0 heterocycles. The van der Waals surface area contributed by atoms with Gasteiger partial charge in [0.2, 0.25) is 5.91 Å². The average molecular weight is 506 g/mol. The standard InChI is InChI=1S/C30H37N2O3P/c1-30(2,3)35-29(34)27(20-13-22-31)32-28(33)21-23-36(24-14-7-4-8-15-24,25-16-9-5-10-17-25)26-18-11-6-12-19-26/h4-12,14-19,27H,13,20-23,31H2,1-3H3/p+1. The Morgan fingerprint density at radius 1 is 0.833 bits per heavy atom. The first-order chi connectivity index (χ1) is 17.3. The maximum absolute atomic E-state index is 13.3. The number of esters is 1. The Hall–Kier alpha value is -3.01. The number of hydrogen-bond acceptors (Lipinski definition) is 4. The predicted octanol–water partition coefficient (Wildman–Crippen LogP) is 3.94. The van der Waals surface area contributed by atoms with Gasteiger partial charge >= 0.3 is 5.97 Å². The van der Waals surface area contributed by atoms with E-state index in [1.165, 1.54) is 15.9 Å². The molecule has 0 saturated heterocycles. The lowest BCUT2D eigenvalue weighted by atomic mass is 10.1. The van der Waals surface area contributed by atoms with Crippen LogP contribution in [0, 0.1) is 0 Å². The Morgan fingerprint density at radius 2 is 1.28 bits per heavy atom. The van der Waals surface area contributed by atoms with Crippen molar-refractivity contribution in [2.24, 2.45) is 5.73 Å². The first kappa shape index (κ1) is 27.6. The van der Waals surface area contributed by atoms with Crippen LogP contribution in [-0.4, -0.2) is 36.2 Å². The SMILES string of the molecule is CC(C)(C)OC(=O)C(CCCN)NC(=O)CC[P+](c1ccccc1)(c1ccccc1)c1ccccc1. The molecule has 0 saturated carbocycles. The highest BCUT2D eigenvalue weighted by Gasteiger charge is 2.45. The van der Waals surface area contributed by atoms with Gasteiger partial charge in [-0.25, -0.2) is 4.79 Å². The molecule has 5 nitrogen and oxygen atoms in total. The second-order valence-corrected chi connectivity index (χ2v) is 13.5. The molecule has 0 aliphatic carbocycles. The number of benzene rings is 3. The van der Waals surface area contributed by atoms with Gasteiger partial charge < -0.3 is 15.8 Å². The lowest BCUT2D eigenvalue weighted by Gasteiger charge is -2.28. The van der Waals surface area contributed by atoms with Crippen molar-refractivity contribution in [3.05, 3.63) is 91.0 Å². The van der Waals surface area contributed by atoms with Crippen molar-refractivity contribution in [2.75, 3.05) is 12.7 Å². The predicted molar refractivity (Wildman–Crippen MR) is 151 cm³/mol. The normalized spacial score (nSPS) is 12.6. The molecule has 3 aromatic carbocycles. The van der Waals surface area contributed by atoms with Gasteiger partial charge in [-0.15, -0.1) is 0 Å². The maximum atomic E-state index is 13.3. The van der Waals surface area contributed by atoms with E-state index in [0.717, 1.165) is 0 Å². The highest BCUT2D eigenvalue weighted by molar-refractivity contribution is 7.95. The number of rotatable bonds is 11. The molecule has 0 fully saturated rings. The third-order valence-electron chi connectivity index (χ3n) is 5.99. The molecule has 0 aliphatic rings. The fourth-order valence-corrected chi connectivity index (χ4v) is 8.61. The summed E-state index contributed by atoms with van der Waals surface area (Å²) in [6.07, 6.45) is 2.01. The van der Waals surface area contributed by atoms with Gasteiger partial charge in [0.05, 0.1) is 12.6 Å². The van der Waals surface area contributed by atoms with E-state index in [2.05, 4.69) is 78.1 Å². The zero-order valence-electron chi connectivity index (χ0n) is 21.5. The quantitative estimate of drug-likeness (QED) is 0.306. The van der Waals surface area contributed by atoms with E-state index in [4.69, 9.17) is 10.5 Å². The van der Waals surface area contributed by atoms with Crippen LogP contribution in [0.2, 0.25) is 0 Å². The van der Waals surface area contributed by atoms with E-state index >= 15 is 0 Å². The summed E-state index contributed by atoms with van der Waals surface area (Å²) >= 11 is 0. The number of nitrogens with one attached hydrogen (secondary N) is 1. The zero-order chi connectivity index (χ0) is 26.0. The van der Waals surface area contributed by atoms with Crippen LogP contribution >= 0.6 is 7.26 Å². The van der Waals surface area contributed by atoms with Gasteiger partial charge in [0.15, 0.2) is 0 Å². The number of carbonyl (C=O) groups excluding carboxylic acids is 2. The fraction of sp³-hybridized carbons (Fsp3) is 0.333. The van der Waals surface area contributed by atoms with Crippen molar-refractivity contribution in [3.8, 4) is 0 Å². The number of ether oxygens (including phenoxy) is 1. The minimum absolute atomic E-state index is 0.157. The molecule has 1 amide bonds. The summed E-state index contributed by atoms with van der Waals surface area (Å²) < 4.78 is 5.56. The van der Waals surface area contributed by atoms with Gasteiger partial charge in [-0.2, -0.15) is 0 Å². The highest BCUT2D eigenvalue weighted by atomic mass is 31.2. The molecule has 0 radical (unpaired) electrons. The molecule has 190 valence electrons. The summed E-state index contributed by atoms with van der Waals surface area (Å²) in [6.45, 7) is 5.92. The van der Waals surface area contributed by atoms with E-state index in [0.29, 0.717) is 25.5 Å². The third-order valence-corrected chi connectivity index (χ3v) is 10.4. The Kier molecular flexibility index (Phi) is 9.81. The Morgan fingerprint density at radius 3 is 1.67 bits per heavy atom. The molecule has 0 spiro atoms. The highest BCUT2D eigenvalue weighted by Crippen LogP contribution is 2.55. The summed E-state index contributed by atoms with van der Waals surface area (Å²) in [4.78, 5) is 26.1. The summed E-state index contributed by atoms with van der Waals surface area (Å²) in [5, 5.41) is 6.62. The van der Waals surface area contributed by atoms with Gasteiger partial charge in [-0.05, 0) is 76.6 Å². The monoisotopic (exact) mass is 505 g/mol. The average Bonchev–Trinajstić information content (AvgIpc) is 2.88. The van der Waals surface area contributed by atoms with Crippen LogP contribution in [0.15, 0.2) is 91.0 Å². The van der Waals surface area contributed by atoms with Crippen molar-refractivity contribution in [3.63, 3.8) is 0 Å². The van der Waals surface area contributed by atoms with E-state index < -0.39 is 24.9 Å². The largest absolute Gasteiger partial charge is 0.458 e. The fourth-order valence-electron chi connectivity index (χ4n) is 4.36. The lowest BCUT2D eigenvalue weighted by molar-refractivity contribution is -0.158. The summed E-state index contributed by atoms with van der Waals surface area (Å²) in [5.41, 5.74) is 5.06. The van der Waals surface area contributed by atoms with Gasteiger partial charge in [0.25, 0.3) is 0 Å². The first-order valence-electron chi connectivity index (χ1n) is 12.5. The van der Waals surface area contributed by atoms with E-state index in [1.807, 2.05) is 39.0 Å². The van der Waals surface area contributed by atoms with Gasteiger partial charge in [-0.1, -0.05) is 54.6 Å². The van der Waals surface area contributed by atoms with Crippen LogP contribution in [0.3, 0.4) is 0 Å². The molecule has 3 N–H and O–H groups in total. The molecular weight excluding hydrogens is 467 g/mol. The zero-order valence-corrected chi connectivity index (χ0v) is 22.4. The second-order valence-electron chi connectivity index (χ2n) is 9.87. The van der Waals surface area contributed by atoms with Gasteiger partial charge in [-0.3, -0.25) is 4.79 Å². The molecule has 1 unspecified atom stereocenters. The van der Waals surface area contributed by atoms with E-state index in [1.54, 1.807) is 0 Å². The summed E-state index contributed by atoms with van der Waals surface area (Å²) in [7, 11) is -2.13. The van der Waals surface area contributed by atoms with Crippen LogP contribution in [0.5, 0.6) is 0 Å². The molecular formula is C30H38N2O3P+.